The molecule has 0 aliphatic carbocycles. The molecule has 1 rings (SSSR count). The molecule has 0 aliphatic heterocycles. The number of Topliss-reactive ketones (excluding diaryl/α,β-unsaturated/α-hetero) is 1. The Bertz CT molecular complexity index is 478. The zero-order valence-corrected chi connectivity index (χ0v) is 9.62. The first-order chi connectivity index (χ1) is 7.29. The van der Waals surface area contributed by atoms with Crippen LogP contribution in [0.5, 0.6) is 0 Å². The molecule has 0 fully saturated rings. The molecule has 1 aromatic rings. The highest BCUT2D eigenvalue weighted by molar-refractivity contribution is 7.86. The number of carbonyl (C=O) groups is 1. The summed E-state index contributed by atoms with van der Waals surface area (Å²) in [5.41, 5.74) is 0.206. The third-order valence-electron chi connectivity index (χ3n) is 1.82. The summed E-state index contributed by atoms with van der Waals surface area (Å²) in [5.74, 6) is -0.973. The molecule has 0 aliphatic rings. The van der Waals surface area contributed by atoms with Crippen molar-refractivity contribution < 1.29 is 21.8 Å². The maximum Gasteiger partial charge on any atom is 0.265 e. The van der Waals surface area contributed by atoms with Crippen LogP contribution < -0.4 is 0 Å². The number of benzene rings is 1. The Labute approximate surface area is 93.2 Å². The molecule has 0 heterocycles. The van der Waals surface area contributed by atoms with Gasteiger partial charge in [0.05, 0.1) is 6.26 Å². The summed E-state index contributed by atoms with van der Waals surface area (Å²) in [6.07, 6.45) is -0.248. The third kappa shape index (κ3) is 3.71. The van der Waals surface area contributed by atoms with E-state index in [0.29, 0.717) is 0 Å². The second kappa shape index (κ2) is 4.71. The maximum atomic E-state index is 12.6. The zero-order chi connectivity index (χ0) is 12.3. The van der Waals surface area contributed by atoms with Gasteiger partial charge in [-0.05, 0) is 31.2 Å². The number of rotatable bonds is 4. The van der Waals surface area contributed by atoms with Gasteiger partial charge in [-0.2, -0.15) is 8.42 Å². The molecule has 1 atom stereocenters. The molecule has 88 valence electrons. The van der Waals surface area contributed by atoms with Crippen LogP contribution in [0.15, 0.2) is 24.3 Å². The van der Waals surface area contributed by atoms with Gasteiger partial charge in [0, 0.05) is 5.56 Å². The minimum Gasteiger partial charge on any atom is -0.291 e. The van der Waals surface area contributed by atoms with Crippen molar-refractivity contribution in [2.75, 3.05) is 6.26 Å². The average Bonchev–Trinajstić information content (AvgIpc) is 2.15. The van der Waals surface area contributed by atoms with E-state index in [-0.39, 0.29) is 5.56 Å². The Kier molecular flexibility index (Phi) is 3.77. The Morgan fingerprint density at radius 1 is 1.31 bits per heavy atom. The van der Waals surface area contributed by atoms with E-state index in [1.165, 1.54) is 19.1 Å². The van der Waals surface area contributed by atoms with Crippen LogP contribution in [0.25, 0.3) is 0 Å². The van der Waals surface area contributed by atoms with Crippen molar-refractivity contribution in [3.05, 3.63) is 35.6 Å². The van der Waals surface area contributed by atoms with Crippen molar-refractivity contribution in [1.29, 1.82) is 0 Å². The highest BCUT2D eigenvalue weighted by atomic mass is 32.2. The van der Waals surface area contributed by atoms with Crippen molar-refractivity contribution >= 4 is 15.9 Å². The van der Waals surface area contributed by atoms with E-state index in [1.807, 2.05) is 0 Å². The van der Waals surface area contributed by atoms with E-state index < -0.39 is 27.8 Å². The van der Waals surface area contributed by atoms with Gasteiger partial charge in [-0.3, -0.25) is 8.98 Å². The van der Waals surface area contributed by atoms with Crippen molar-refractivity contribution in [3.63, 3.8) is 0 Å². The van der Waals surface area contributed by atoms with Gasteiger partial charge >= 0.3 is 0 Å². The van der Waals surface area contributed by atoms with Crippen molar-refractivity contribution in [3.8, 4) is 0 Å². The molecule has 16 heavy (non-hydrogen) atoms. The third-order valence-corrected chi connectivity index (χ3v) is 2.46. The van der Waals surface area contributed by atoms with Crippen LogP contribution in [0.2, 0.25) is 0 Å². The molecule has 0 aromatic heterocycles. The van der Waals surface area contributed by atoms with E-state index in [4.69, 9.17) is 0 Å². The van der Waals surface area contributed by atoms with Crippen molar-refractivity contribution in [1.82, 2.24) is 0 Å². The predicted octanol–water partition coefficient (Wildman–Crippen LogP) is 1.37. The number of hydrogen-bond donors (Lipinski definition) is 0. The lowest BCUT2D eigenvalue weighted by Crippen LogP contribution is -2.23. The van der Waals surface area contributed by atoms with Gasteiger partial charge in [-0.1, -0.05) is 0 Å². The van der Waals surface area contributed by atoms with E-state index in [1.54, 1.807) is 0 Å². The lowest BCUT2D eigenvalue weighted by atomic mass is 10.1. The summed E-state index contributed by atoms with van der Waals surface area (Å²) in [7, 11) is -3.68. The topological polar surface area (TPSA) is 60.4 Å². The van der Waals surface area contributed by atoms with Crippen LogP contribution in [-0.4, -0.2) is 26.6 Å². The Morgan fingerprint density at radius 3 is 2.25 bits per heavy atom. The van der Waals surface area contributed by atoms with Crippen LogP contribution in [0.1, 0.15) is 17.3 Å². The molecular weight excluding hydrogens is 235 g/mol. The van der Waals surface area contributed by atoms with Crippen LogP contribution >= 0.6 is 0 Å². The fourth-order valence-corrected chi connectivity index (χ4v) is 1.77. The van der Waals surface area contributed by atoms with E-state index in [9.17, 15) is 17.6 Å². The average molecular weight is 246 g/mol. The van der Waals surface area contributed by atoms with Gasteiger partial charge in [0.25, 0.3) is 10.1 Å². The molecule has 0 saturated heterocycles. The fourth-order valence-electron chi connectivity index (χ4n) is 1.15. The first-order valence-electron chi connectivity index (χ1n) is 4.47. The summed E-state index contributed by atoms with van der Waals surface area (Å²) < 4.78 is 38.7. The SMILES string of the molecule is C[C@@H](OS(C)(=O)=O)C(=O)c1ccc(F)cc1. The summed E-state index contributed by atoms with van der Waals surface area (Å²) >= 11 is 0. The Hall–Kier alpha value is -1.27. The van der Waals surface area contributed by atoms with Crippen LogP contribution in [0.3, 0.4) is 0 Å². The zero-order valence-electron chi connectivity index (χ0n) is 8.81. The highest BCUT2D eigenvalue weighted by Crippen LogP contribution is 2.09. The van der Waals surface area contributed by atoms with Crippen molar-refractivity contribution in [2.45, 2.75) is 13.0 Å². The minimum absolute atomic E-state index is 0.206. The second-order valence-corrected chi connectivity index (χ2v) is 4.91. The highest BCUT2D eigenvalue weighted by Gasteiger charge is 2.20. The molecule has 0 unspecified atom stereocenters. The monoisotopic (exact) mass is 246 g/mol. The molecular formula is C10H11FO4S. The number of hydrogen-bond acceptors (Lipinski definition) is 4. The van der Waals surface area contributed by atoms with Crippen molar-refractivity contribution in [2.24, 2.45) is 0 Å². The molecule has 4 nitrogen and oxygen atoms in total. The van der Waals surface area contributed by atoms with Gasteiger partial charge < -0.3 is 0 Å². The van der Waals surface area contributed by atoms with Gasteiger partial charge in [0.2, 0.25) is 0 Å². The summed E-state index contributed by atoms with van der Waals surface area (Å²) in [6, 6.07) is 4.81. The molecule has 6 heteroatoms. The molecule has 0 bridgehead atoms. The number of carbonyl (C=O) groups excluding carboxylic acids is 1. The molecule has 0 N–H and O–H groups in total. The lowest BCUT2D eigenvalue weighted by Gasteiger charge is -2.09. The van der Waals surface area contributed by atoms with E-state index in [2.05, 4.69) is 4.18 Å². The normalized spacial score (nSPS) is 13.4. The van der Waals surface area contributed by atoms with Gasteiger partial charge in [0.1, 0.15) is 11.9 Å². The molecule has 1 aromatic carbocycles. The minimum atomic E-state index is -3.68. The molecule has 0 saturated carbocycles. The fraction of sp³-hybridized carbons (Fsp3) is 0.300. The van der Waals surface area contributed by atoms with Crippen LogP contribution in [0.4, 0.5) is 4.39 Å². The molecule has 0 radical (unpaired) electrons. The quantitative estimate of drug-likeness (QED) is 0.594. The van der Waals surface area contributed by atoms with Gasteiger partial charge in [-0.15, -0.1) is 0 Å². The summed E-state index contributed by atoms with van der Waals surface area (Å²) in [6.45, 7) is 1.33. The van der Waals surface area contributed by atoms with Gasteiger partial charge in [0.15, 0.2) is 5.78 Å². The molecule has 0 spiro atoms. The Morgan fingerprint density at radius 2 is 1.81 bits per heavy atom. The summed E-state index contributed by atoms with van der Waals surface area (Å²) in [4.78, 5) is 11.6. The largest absolute Gasteiger partial charge is 0.291 e. The Balaban J connectivity index is 2.82. The number of ketones is 1. The maximum absolute atomic E-state index is 12.6. The lowest BCUT2D eigenvalue weighted by molar-refractivity contribution is 0.0827. The van der Waals surface area contributed by atoms with Gasteiger partial charge in [-0.25, -0.2) is 4.39 Å². The summed E-state index contributed by atoms with van der Waals surface area (Å²) in [5, 5.41) is 0. The predicted molar refractivity (Wildman–Crippen MR) is 56.1 cm³/mol. The number of halogens is 1. The first-order valence-corrected chi connectivity index (χ1v) is 6.29. The van der Waals surface area contributed by atoms with Crippen LogP contribution in [-0.2, 0) is 14.3 Å². The van der Waals surface area contributed by atoms with E-state index >= 15 is 0 Å². The van der Waals surface area contributed by atoms with E-state index in [0.717, 1.165) is 18.4 Å². The standard InChI is InChI=1S/C10H11FO4S/c1-7(15-16(2,13)14)10(12)8-3-5-9(11)6-4-8/h3-7H,1-2H3/t7-/m1/s1. The van der Waals surface area contributed by atoms with Crippen LogP contribution in [0, 0.1) is 5.82 Å². The second-order valence-electron chi connectivity index (χ2n) is 3.31. The smallest absolute Gasteiger partial charge is 0.265 e. The molecule has 0 amide bonds. The first kappa shape index (κ1) is 12.8.